The molecule has 0 amide bonds. The van der Waals surface area contributed by atoms with E-state index in [-0.39, 0.29) is 5.92 Å². The van der Waals surface area contributed by atoms with Crippen LogP contribution in [-0.4, -0.2) is 43.5 Å². The lowest BCUT2D eigenvalue weighted by Gasteiger charge is -2.39. The zero-order valence-electron chi connectivity index (χ0n) is 17.5. The van der Waals surface area contributed by atoms with Gasteiger partial charge in [-0.3, -0.25) is 0 Å². The van der Waals surface area contributed by atoms with E-state index in [9.17, 15) is 5.11 Å². The molecule has 1 aliphatic carbocycles. The number of benzene rings is 1. The summed E-state index contributed by atoms with van der Waals surface area (Å²) in [6.45, 7) is 7.84. The lowest BCUT2D eigenvalue weighted by molar-refractivity contribution is 0.0263. The average Bonchev–Trinajstić information content (AvgIpc) is 3.33. The molecule has 3 heterocycles. The quantitative estimate of drug-likeness (QED) is 0.732. The van der Waals surface area contributed by atoms with Crippen molar-refractivity contribution in [1.29, 1.82) is 0 Å². The fraction of sp³-hybridized carbons (Fsp3) is 0.522. The van der Waals surface area contributed by atoms with Crippen LogP contribution in [0, 0.1) is 5.92 Å². The monoisotopic (exact) mass is 391 g/mol. The van der Waals surface area contributed by atoms with Gasteiger partial charge in [-0.2, -0.15) is 5.10 Å². The molecular formula is C23H29N5O. The van der Waals surface area contributed by atoms with Crippen LogP contribution in [0.25, 0.3) is 16.7 Å². The molecule has 0 spiro atoms. The van der Waals surface area contributed by atoms with Gasteiger partial charge in [0.1, 0.15) is 12.1 Å². The van der Waals surface area contributed by atoms with Crippen LogP contribution < -0.4 is 4.90 Å². The van der Waals surface area contributed by atoms with Gasteiger partial charge in [-0.1, -0.05) is 25.5 Å². The molecule has 2 fully saturated rings. The maximum absolute atomic E-state index is 10.3. The van der Waals surface area contributed by atoms with Crippen LogP contribution in [0.2, 0.25) is 0 Å². The number of aromatic nitrogens is 4. The van der Waals surface area contributed by atoms with Crippen molar-refractivity contribution >= 4 is 16.7 Å². The molecule has 1 aromatic carbocycles. The summed E-state index contributed by atoms with van der Waals surface area (Å²) in [5.74, 6) is 1.93. The molecule has 1 aliphatic heterocycles. The fourth-order valence-electron chi connectivity index (χ4n) is 4.74. The Morgan fingerprint density at radius 1 is 1.14 bits per heavy atom. The number of anilines is 1. The fourth-order valence-corrected chi connectivity index (χ4v) is 4.74. The number of fused-ring (bicyclic) bond motifs is 1. The van der Waals surface area contributed by atoms with Gasteiger partial charge in [-0.05, 0) is 50.2 Å². The first-order valence-corrected chi connectivity index (χ1v) is 10.6. The van der Waals surface area contributed by atoms with Crippen molar-refractivity contribution in [3.63, 3.8) is 0 Å². The van der Waals surface area contributed by atoms with E-state index >= 15 is 0 Å². The zero-order chi connectivity index (χ0) is 20.2. The zero-order valence-corrected chi connectivity index (χ0v) is 17.5. The number of aliphatic hydroxyl groups is 1. The normalized spacial score (nSPS) is 21.5. The summed E-state index contributed by atoms with van der Waals surface area (Å²) in [6.07, 6.45) is 8.31. The van der Waals surface area contributed by atoms with E-state index in [2.05, 4.69) is 45.1 Å². The second-order valence-electron chi connectivity index (χ2n) is 9.56. The maximum Gasteiger partial charge on any atom is 0.159 e. The van der Waals surface area contributed by atoms with E-state index in [4.69, 9.17) is 0 Å². The van der Waals surface area contributed by atoms with Crippen molar-refractivity contribution in [3.05, 3.63) is 42.4 Å². The van der Waals surface area contributed by atoms with E-state index in [0.717, 1.165) is 42.0 Å². The summed E-state index contributed by atoms with van der Waals surface area (Å²) in [4.78, 5) is 11.2. The minimum atomic E-state index is -0.670. The molecule has 1 atom stereocenters. The van der Waals surface area contributed by atoms with Crippen LogP contribution in [0.1, 0.15) is 52.0 Å². The molecule has 6 nitrogen and oxygen atoms in total. The van der Waals surface area contributed by atoms with Crippen molar-refractivity contribution in [2.24, 2.45) is 5.92 Å². The minimum Gasteiger partial charge on any atom is -0.390 e. The van der Waals surface area contributed by atoms with Crippen LogP contribution in [0.4, 0.5) is 5.82 Å². The third kappa shape index (κ3) is 3.19. The van der Waals surface area contributed by atoms with Gasteiger partial charge >= 0.3 is 0 Å². The third-order valence-corrected chi connectivity index (χ3v) is 7.09. The van der Waals surface area contributed by atoms with Crippen LogP contribution in [0.5, 0.6) is 0 Å². The van der Waals surface area contributed by atoms with E-state index < -0.39 is 5.60 Å². The first kappa shape index (κ1) is 18.6. The highest BCUT2D eigenvalue weighted by Gasteiger charge is 2.35. The molecule has 2 aromatic heterocycles. The van der Waals surface area contributed by atoms with Crippen molar-refractivity contribution in [3.8, 4) is 5.82 Å². The predicted molar refractivity (Wildman–Crippen MR) is 114 cm³/mol. The number of hydrogen-bond acceptors (Lipinski definition) is 5. The third-order valence-electron chi connectivity index (χ3n) is 7.09. The van der Waals surface area contributed by atoms with Crippen molar-refractivity contribution in [2.45, 2.75) is 57.5 Å². The van der Waals surface area contributed by atoms with Crippen LogP contribution >= 0.6 is 0 Å². The van der Waals surface area contributed by atoms with E-state index in [1.54, 1.807) is 6.33 Å². The maximum atomic E-state index is 10.3. The standard InChI is InChI=1S/C23H29N5O/c1-22(2,29)18-7-10-27(14-18)20-12-21(25-15-24-20)28-19-11-17(23(3)8-4-9-23)6-5-16(19)13-26-28/h5-6,11-13,15,18,29H,4,7-10,14H2,1-3H3/t18-/m1/s1. The van der Waals surface area contributed by atoms with Gasteiger partial charge in [0.2, 0.25) is 0 Å². The Morgan fingerprint density at radius 3 is 2.62 bits per heavy atom. The van der Waals surface area contributed by atoms with Gasteiger partial charge in [0, 0.05) is 30.5 Å². The van der Waals surface area contributed by atoms with Crippen LogP contribution in [0.15, 0.2) is 36.8 Å². The molecule has 2 aliphatic rings. The molecule has 5 rings (SSSR count). The average molecular weight is 392 g/mol. The SMILES string of the molecule is CC1(c2ccc3cnn(-c4cc(N5CC[C@@H](C(C)(C)O)C5)ncn4)c3c2)CCC1. The molecular weight excluding hydrogens is 362 g/mol. The minimum absolute atomic E-state index is 0.247. The Bertz CT molecular complexity index is 1050. The van der Waals surface area contributed by atoms with Gasteiger partial charge in [-0.15, -0.1) is 0 Å². The summed E-state index contributed by atoms with van der Waals surface area (Å²) in [7, 11) is 0. The van der Waals surface area contributed by atoms with Crippen LogP contribution in [-0.2, 0) is 5.41 Å². The topological polar surface area (TPSA) is 67.1 Å². The van der Waals surface area contributed by atoms with Crippen molar-refractivity contribution < 1.29 is 5.11 Å². The molecule has 1 saturated carbocycles. The van der Waals surface area contributed by atoms with Crippen molar-refractivity contribution in [2.75, 3.05) is 18.0 Å². The Balaban J connectivity index is 1.48. The summed E-state index contributed by atoms with van der Waals surface area (Å²) < 4.78 is 1.93. The summed E-state index contributed by atoms with van der Waals surface area (Å²) in [5, 5.41) is 16.1. The molecule has 1 saturated heterocycles. The Hall–Kier alpha value is -2.47. The summed E-state index contributed by atoms with van der Waals surface area (Å²) in [5.41, 5.74) is 2.11. The highest BCUT2D eigenvalue weighted by molar-refractivity contribution is 5.81. The molecule has 0 radical (unpaired) electrons. The molecule has 0 unspecified atom stereocenters. The highest BCUT2D eigenvalue weighted by Crippen LogP contribution is 2.43. The summed E-state index contributed by atoms with van der Waals surface area (Å²) >= 11 is 0. The highest BCUT2D eigenvalue weighted by atomic mass is 16.3. The molecule has 29 heavy (non-hydrogen) atoms. The molecule has 152 valence electrons. The smallest absolute Gasteiger partial charge is 0.159 e. The first-order valence-electron chi connectivity index (χ1n) is 10.6. The van der Waals surface area contributed by atoms with E-state index in [0.29, 0.717) is 5.41 Å². The second kappa shape index (κ2) is 6.52. The summed E-state index contributed by atoms with van der Waals surface area (Å²) in [6, 6.07) is 8.72. The van der Waals surface area contributed by atoms with Gasteiger partial charge in [0.05, 0.1) is 17.3 Å². The largest absolute Gasteiger partial charge is 0.390 e. The Labute approximate surface area is 171 Å². The Kier molecular flexibility index (Phi) is 4.17. The first-order chi connectivity index (χ1) is 13.8. The van der Waals surface area contributed by atoms with Crippen molar-refractivity contribution in [1.82, 2.24) is 19.7 Å². The number of nitrogens with zero attached hydrogens (tertiary/aromatic N) is 5. The molecule has 0 bridgehead atoms. The van der Waals surface area contributed by atoms with Crippen LogP contribution in [0.3, 0.4) is 0 Å². The van der Waals surface area contributed by atoms with Gasteiger partial charge in [0.15, 0.2) is 5.82 Å². The van der Waals surface area contributed by atoms with E-state index in [1.165, 1.54) is 24.8 Å². The van der Waals surface area contributed by atoms with Gasteiger partial charge < -0.3 is 10.0 Å². The van der Waals surface area contributed by atoms with E-state index in [1.807, 2.05) is 30.8 Å². The lowest BCUT2D eigenvalue weighted by atomic mass is 9.66. The lowest BCUT2D eigenvalue weighted by Crippen LogP contribution is -2.33. The Morgan fingerprint density at radius 2 is 1.93 bits per heavy atom. The molecule has 6 heteroatoms. The van der Waals surface area contributed by atoms with Gasteiger partial charge in [0.25, 0.3) is 0 Å². The molecule has 3 aromatic rings. The number of hydrogen-bond donors (Lipinski definition) is 1. The second-order valence-corrected chi connectivity index (χ2v) is 9.56. The van der Waals surface area contributed by atoms with Gasteiger partial charge in [-0.25, -0.2) is 14.6 Å². The number of rotatable bonds is 4. The predicted octanol–water partition coefficient (Wildman–Crippen LogP) is 3.85. The molecule has 1 N–H and O–H groups in total.